The number of anilines is 1. The summed E-state index contributed by atoms with van der Waals surface area (Å²) in [5.41, 5.74) is 15.5. The van der Waals surface area contributed by atoms with Crippen LogP contribution in [0.15, 0.2) is 30.5 Å². The summed E-state index contributed by atoms with van der Waals surface area (Å²) >= 11 is 6.19. The molecule has 3 heterocycles. The number of H-pyrrole nitrogens is 1. The number of hydrogen-bond donors (Lipinski definition) is 5. The van der Waals surface area contributed by atoms with Crippen molar-refractivity contribution in [2.24, 2.45) is 5.73 Å². The van der Waals surface area contributed by atoms with Crippen molar-refractivity contribution in [3.63, 3.8) is 0 Å². The van der Waals surface area contributed by atoms with E-state index in [2.05, 4.69) is 31.7 Å². The standard InChI is InChI=1S/C23H25ClN6O3S/c1-14-4-5-16(24)11-17(14)21-18(22(25)31)12-19(28-21)20-15(13-27-23(26)29-20)3-2-6-30-7-9-34(32,33)10-8-30/h4-5,11-13,28,32-33H,6-10H2,1H3,(H2,25,31)(H2,26,27,29). The highest BCUT2D eigenvalue weighted by atomic mass is 35.5. The lowest BCUT2D eigenvalue weighted by Gasteiger charge is -2.40. The summed E-state index contributed by atoms with van der Waals surface area (Å²) in [6.45, 7) is 3.52. The molecule has 3 aromatic rings. The molecule has 4 rings (SSSR count). The molecule has 9 nitrogen and oxygen atoms in total. The Balaban J connectivity index is 1.69. The number of aromatic nitrogens is 3. The van der Waals surface area contributed by atoms with Gasteiger partial charge in [-0.25, -0.2) is 9.97 Å². The van der Waals surface area contributed by atoms with E-state index in [1.54, 1.807) is 18.2 Å². The highest BCUT2D eigenvalue weighted by Gasteiger charge is 2.22. The van der Waals surface area contributed by atoms with Crippen molar-refractivity contribution in [2.45, 2.75) is 6.92 Å². The van der Waals surface area contributed by atoms with E-state index < -0.39 is 16.5 Å². The third kappa shape index (κ3) is 5.35. The highest BCUT2D eigenvalue weighted by Crippen LogP contribution is 2.40. The van der Waals surface area contributed by atoms with Crippen molar-refractivity contribution in [1.29, 1.82) is 0 Å². The van der Waals surface area contributed by atoms with E-state index in [9.17, 15) is 13.9 Å². The average molecular weight is 501 g/mol. The van der Waals surface area contributed by atoms with Crippen molar-refractivity contribution in [2.75, 3.05) is 36.9 Å². The lowest BCUT2D eigenvalue weighted by Crippen LogP contribution is -2.38. The molecule has 11 heteroatoms. The first-order valence-electron chi connectivity index (χ1n) is 10.5. The molecule has 1 aliphatic heterocycles. The summed E-state index contributed by atoms with van der Waals surface area (Å²) in [5.74, 6) is 6.36. The fourth-order valence-corrected chi connectivity index (χ4v) is 5.19. The van der Waals surface area contributed by atoms with Gasteiger partial charge in [0.2, 0.25) is 5.95 Å². The Morgan fingerprint density at radius 1 is 1.29 bits per heavy atom. The van der Waals surface area contributed by atoms with Crippen LogP contribution < -0.4 is 11.5 Å². The van der Waals surface area contributed by atoms with Gasteiger partial charge in [-0.05, 0) is 30.7 Å². The number of nitrogens with one attached hydrogen (secondary N) is 1. The monoisotopic (exact) mass is 500 g/mol. The number of nitrogens with two attached hydrogens (primary N) is 2. The van der Waals surface area contributed by atoms with E-state index in [1.165, 1.54) is 6.20 Å². The molecule has 2 aromatic heterocycles. The van der Waals surface area contributed by atoms with E-state index in [1.807, 2.05) is 13.0 Å². The molecule has 0 atom stereocenters. The molecule has 34 heavy (non-hydrogen) atoms. The molecule has 0 spiro atoms. The van der Waals surface area contributed by atoms with Crippen LogP contribution in [0.5, 0.6) is 0 Å². The fourth-order valence-electron chi connectivity index (χ4n) is 3.71. The van der Waals surface area contributed by atoms with Crippen LogP contribution in [0.3, 0.4) is 0 Å². The molecule has 178 valence electrons. The molecule has 1 aliphatic rings. The highest BCUT2D eigenvalue weighted by molar-refractivity contribution is 8.24. The number of nitrogen functional groups attached to an aromatic ring is 1. The molecule has 0 radical (unpaired) electrons. The number of primary amides is 1. The first kappa shape index (κ1) is 24.1. The summed E-state index contributed by atoms with van der Waals surface area (Å²) in [5, 5.41) is 0.531. The number of amides is 1. The van der Waals surface area contributed by atoms with Gasteiger partial charge < -0.3 is 16.5 Å². The van der Waals surface area contributed by atoms with Gasteiger partial charge in [-0.2, -0.15) is 10.6 Å². The first-order chi connectivity index (χ1) is 16.1. The summed E-state index contributed by atoms with van der Waals surface area (Å²) < 4.78 is 19.5. The topological polar surface area (TPSA) is 154 Å². The maximum Gasteiger partial charge on any atom is 0.250 e. The summed E-state index contributed by atoms with van der Waals surface area (Å²) in [6.07, 6.45) is 1.53. The second-order valence-corrected chi connectivity index (χ2v) is 10.9. The van der Waals surface area contributed by atoms with Gasteiger partial charge in [-0.15, -0.1) is 0 Å². The number of aryl methyl sites for hydroxylation is 1. The minimum absolute atomic E-state index is 0.0671. The SMILES string of the molecule is Cc1ccc(Cl)cc1-c1[nH]c(-c2nc(N)ncc2C#CCN2CCS(O)(O)CC2)cc1C(N)=O. The van der Waals surface area contributed by atoms with Crippen molar-refractivity contribution in [3.05, 3.63) is 52.2 Å². The summed E-state index contributed by atoms with van der Waals surface area (Å²) in [4.78, 5) is 25.9. The lowest BCUT2D eigenvalue weighted by molar-refractivity contribution is 0.100. The van der Waals surface area contributed by atoms with Crippen molar-refractivity contribution < 1.29 is 13.9 Å². The molecule has 1 saturated heterocycles. The van der Waals surface area contributed by atoms with Crippen molar-refractivity contribution in [1.82, 2.24) is 19.9 Å². The van der Waals surface area contributed by atoms with Crippen LogP contribution in [-0.2, 0) is 0 Å². The second-order valence-electron chi connectivity index (χ2n) is 8.07. The average Bonchev–Trinajstić information content (AvgIpc) is 3.23. The van der Waals surface area contributed by atoms with Gasteiger partial charge in [0, 0.05) is 29.9 Å². The quantitative estimate of drug-likeness (QED) is 0.344. The number of benzene rings is 1. The van der Waals surface area contributed by atoms with Gasteiger partial charge in [-0.1, -0.05) is 29.5 Å². The maximum absolute atomic E-state index is 12.2. The Kier molecular flexibility index (Phi) is 6.84. The van der Waals surface area contributed by atoms with Gasteiger partial charge in [-0.3, -0.25) is 18.8 Å². The van der Waals surface area contributed by atoms with Crippen LogP contribution in [0.25, 0.3) is 22.6 Å². The second kappa shape index (κ2) is 9.66. The van der Waals surface area contributed by atoms with Crippen LogP contribution in [0, 0.1) is 18.8 Å². The third-order valence-electron chi connectivity index (χ3n) is 5.61. The number of halogens is 1. The van der Waals surface area contributed by atoms with Gasteiger partial charge in [0.1, 0.15) is 5.69 Å². The molecule has 1 fully saturated rings. The molecule has 7 N–H and O–H groups in total. The van der Waals surface area contributed by atoms with E-state index in [0.29, 0.717) is 64.4 Å². The zero-order chi connectivity index (χ0) is 24.5. The van der Waals surface area contributed by atoms with Gasteiger partial charge in [0.25, 0.3) is 5.91 Å². The Morgan fingerprint density at radius 3 is 2.74 bits per heavy atom. The first-order valence-corrected chi connectivity index (χ1v) is 12.8. The Labute approximate surface area is 203 Å². The molecule has 1 amide bonds. The molecule has 0 aliphatic carbocycles. The number of carbonyl (C=O) groups excluding carboxylic acids is 1. The predicted molar refractivity (Wildman–Crippen MR) is 136 cm³/mol. The number of hydrogen-bond acceptors (Lipinski definition) is 7. The third-order valence-corrected chi connectivity index (χ3v) is 7.52. The largest absolute Gasteiger partial charge is 0.368 e. The van der Waals surface area contributed by atoms with E-state index in [-0.39, 0.29) is 5.95 Å². The van der Waals surface area contributed by atoms with Crippen LogP contribution in [0.2, 0.25) is 5.02 Å². The van der Waals surface area contributed by atoms with Gasteiger partial charge >= 0.3 is 0 Å². The van der Waals surface area contributed by atoms with E-state index >= 15 is 0 Å². The fraction of sp³-hybridized carbons (Fsp3) is 0.261. The van der Waals surface area contributed by atoms with Crippen LogP contribution in [0.1, 0.15) is 21.5 Å². The number of nitrogens with zero attached hydrogens (tertiary/aromatic N) is 3. The van der Waals surface area contributed by atoms with Crippen LogP contribution in [-0.4, -0.2) is 66.0 Å². The van der Waals surface area contributed by atoms with Crippen molar-refractivity contribution in [3.8, 4) is 34.5 Å². The van der Waals surface area contributed by atoms with Crippen LogP contribution in [0.4, 0.5) is 5.95 Å². The molecule has 1 aromatic carbocycles. The number of carbonyl (C=O) groups is 1. The lowest BCUT2D eigenvalue weighted by atomic mass is 10.0. The summed E-state index contributed by atoms with van der Waals surface area (Å²) in [6, 6.07) is 7.03. The number of aromatic amines is 1. The normalized spacial score (nSPS) is 16.5. The maximum atomic E-state index is 12.2. The number of rotatable bonds is 4. The molecular formula is C23H25ClN6O3S. The van der Waals surface area contributed by atoms with Gasteiger partial charge in [0.15, 0.2) is 0 Å². The van der Waals surface area contributed by atoms with Crippen molar-refractivity contribution >= 4 is 34.0 Å². The minimum atomic E-state index is -2.45. The molecule has 0 saturated carbocycles. The zero-order valence-electron chi connectivity index (χ0n) is 18.5. The molecular weight excluding hydrogens is 476 g/mol. The predicted octanol–water partition coefficient (Wildman–Crippen LogP) is 3.20. The summed E-state index contributed by atoms with van der Waals surface area (Å²) in [7, 11) is -2.45. The Morgan fingerprint density at radius 2 is 2.03 bits per heavy atom. The zero-order valence-corrected chi connectivity index (χ0v) is 20.1. The van der Waals surface area contributed by atoms with E-state index in [4.69, 9.17) is 23.1 Å². The Bertz CT molecular complexity index is 1300. The Hall–Kier alpha value is -3.07. The molecule has 0 bridgehead atoms. The van der Waals surface area contributed by atoms with E-state index in [0.717, 1.165) is 11.1 Å². The minimum Gasteiger partial charge on any atom is -0.368 e. The smallest absolute Gasteiger partial charge is 0.250 e. The van der Waals surface area contributed by atoms with Gasteiger partial charge in [0.05, 0.1) is 40.6 Å². The van der Waals surface area contributed by atoms with Crippen LogP contribution >= 0.6 is 22.2 Å². The molecule has 0 unspecified atom stereocenters.